The lowest BCUT2D eigenvalue weighted by atomic mass is 9.75. The van der Waals surface area contributed by atoms with Crippen molar-refractivity contribution in [1.82, 2.24) is 10.3 Å². The Balaban J connectivity index is 2.14. The van der Waals surface area contributed by atoms with Crippen LogP contribution in [-0.2, 0) is 11.8 Å². The largest absolute Gasteiger partial charge is 0.316 e. The summed E-state index contributed by atoms with van der Waals surface area (Å²) >= 11 is 0. The predicted molar refractivity (Wildman–Crippen MR) is 56.3 cm³/mol. The van der Waals surface area contributed by atoms with Crippen molar-refractivity contribution in [2.45, 2.75) is 25.2 Å². The minimum Gasteiger partial charge on any atom is -0.316 e. The van der Waals surface area contributed by atoms with Crippen LogP contribution >= 0.6 is 0 Å². The molecule has 2 atom stereocenters. The first-order valence-electron chi connectivity index (χ1n) is 5.47. The maximum atomic E-state index is 4.22. The first kappa shape index (κ1) is 8.42. The zero-order chi connectivity index (χ0) is 9.60. The summed E-state index contributed by atoms with van der Waals surface area (Å²) in [5, 5.41) is 3.51. The molecule has 1 N–H and O–H groups in total. The summed E-state index contributed by atoms with van der Waals surface area (Å²) in [5.74, 6) is 0.775. The molecule has 1 aliphatic heterocycles. The van der Waals surface area contributed by atoms with Crippen LogP contribution in [-0.4, -0.2) is 18.1 Å². The third kappa shape index (κ3) is 0.921. The highest BCUT2D eigenvalue weighted by Crippen LogP contribution is 2.46. The van der Waals surface area contributed by atoms with E-state index in [1.807, 2.05) is 6.20 Å². The second-order valence-electron chi connectivity index (χ2n) is 4.72. The fraction of sp³-hybridized carbons (Fsp3) is 0.583. The van der Waals surface area contributed by atoms with Gasteiger partial charge in [0.1, 0.15) is 0 Å². The molecule has 1 aliphatic carbocycles. The van der Waals surface area contributed by atoms with Gasteiger partial charge >= 0.3 is 0 Å². The summed E-state index contributed by atoms with van der Waals surface area (Å²) in [6.07, 6.45) is 6.51. The number of pyridine rings is 1. The Morgan fingerprint density at radius 3 is 3.29 bits per heavy atom. The molecule has 2 heteroatoms. The van der Waals surface area contributed by atoms with Gasteiger partial charge in [-0.3, -0.25) is 4.98 Å². The van der Waals surface area contributed by atoms with Crippen molar-refractivity contribution in [3.63, 3.8) is 0 Å². The molecule has 3 rings (SSSR count). The van der Waals surface area contributed by atoms with Crippen molar-refractivity contribution in [3.05, 3.63) is 29.6 Å². The molecule has 1 fully saturated rings. The van der Waals surface area contributed by atoms with Crippen LogP contribution in [0.25, 0.3) is 0 Å². The van der Waals surface area contributed by atoms with E-state index in [1.54, 1.807) is 5.56 Å². The summed E-state index contributed by atoms with van der Waals surface area (Å²) in [6.45, 7) is 4.71. The average Bonchev–Trinajstić information content (AvgIpc) is 2.77. The van der Waals surface area contributed by atoms with Crippen LogP contribution in [0.1, 0.15) is 24.5 Å². The highest BCUT2D eigenvalue weighted by molar-refractivity contribution is 5.40. The highest BCUT2D eigenvalue weighted by atomic mass is 14.9. The van der Waals surface area contributed by atoms with Gasteiger partial charge in [-0.15, -0.1) is 0 Å². The Kier molecular flexibility index (Phi) is 1.68. The van der Waals surface area contributed by atoms with Gasteiger partial charge in [-0.05, 0) is 42.5 Å². The van der Waals surface area contributed by atoms with E-state index in [0.717, 1.165) is 12.5 Å². The molecule has 74 valence electrons. The molecule has 2 unspecified atom stereocenters. The zero-order valence-corrected chi connectivity index (χ0v) is 8.59. The third-order valence-corrected chi connectivity index (χ3v) is 4.10. The van der Waals surface area contributed by atoms with Gasteiger partial charge in [0.05, 0.1) is 0 Å². The first-order valence-corrected chi connectivity index (χ1v) is 5.47. The van der Waals surface area contributed by atoms with Gasteiger partial charge in [0.25, 0.3) is 0 Å². The molecule has 0 bridgehead atoms. The van der Waals surface area contributed by atoms with Crippen LogP contribution in [0.5, 0.6) is 0 Å². The van der Waals surface area contributed by atoms with Crippen LogP contribution in [0.15, 0.2) is 18.5 Å². The van der Waals surface area contributed by atoms with Gasteiger partial charge in [-0.1, -0.05) is 6.92 Å². The summed E-state index contributed by atoms with van der Waals surface area (Å²) in [7, 11) is 0. The number of nitrogens with zero attached hydrogens (tertiary/aromatic N) is 1. The molecular weight excluding hydrogens is 172 g/mol. The highest BCUT2D eigenvalue weighted by Gasteiger charge is 2.46. The lowest BCUT2D eigenvalue weighted by Crippen LogP contribution is -2.32. The van der Waals surface area contributed by atoms with Gasteiger partial charge in [-0.2, -0.15) is 0 Å². The van der Waals surface area contributed by atoms with Crippen molar-refractivity contribution in [2.75, 3.05) is 13.1 Å². The normalized spacial score (nSPS) is 35.1. The summed E-state index contributed by atoms with van der Waals surface area (Å²) < 4.78 is 0. The topological polar surface area (TPSA) is 24.9 Å². The SMILES string of the molecule is CC1Cc2cnccc2C12CCNC2. The zero-order valence-electron chi connectivity index (χ0n) is 8.59. The van der Waals surface area contributed by atoms with E-state index in [2.05, 4.69) is 29.5 Å². The molecular formula is C12H16N2. The van der Waals surface area contributed by atoms with Crippen molar-refractivity contribution in [1.29, 1.82) is 0 Å². The molecule has 1 aromatic rings. The number of aromatic nitrogens is 1. The van der Waals surface area contributed by atoms with E-state index in [9.17, 15) is 0 Å². The minimum absolute atomic E-state index is 0.429. The lowest BCUT2D eigenvalue weighted by Gasteiger charge is -2.28. The van der Waals surface area contributed by atoms with E-state index >= 15 is 0 Å². The maximum absolute atomic E-state index is 4.22. The smallest absolute Gasteiger partial charge is 0.0302 e. The second-order valence-corrected chi connectivity index (χ2v) is 4.72. The Hall–Kier alpha value is -0.890. The van der Waals surface area contributed by atoms with Crippen LogP contribution in [0.2, 0.25) is 0 Å². The standard InChI is InChI=1S/C12H16N2/c1-9-6-10-7-13-4-2-11(10)12(9)3-5-14-8-12/h2,4,7,9,14H,3,5-6,8H2,1H3. The fourth-order valence-corrected chi connectivity index (χ4v) is 3.23. The van der Waals surface area contributed by atoms with Crippen molar-refractivity contribution in [2.24, 2.45) is 5.92 Å². The van der Waals surface area contributed by atoms with E-state index in [1.165, 1.54) is 24.9 Å². The second kappa shape index (κ2) is 2.80. The fourth-order valence-electron chi connectivity index (χ4n) is 3.23. The van der Waals surface area contributed by atoms with E-state index < -0.39 is 0 Å². The van der Waals surface area contributed by atoms with Gasteiger partial charge in [0.2, 0.25) is 0 Å². The number of hydrogen-bond donors (Lipinski definition) is 1. The first-order chi connectivity index (χ1) is 6.83. The summed E-state index contributed by atoms with van der Waals surface area (Å²) in [4.78, 5) is 4.22. The Labute approximate surface area is 84.7 Å². The molecule has 1 spiro atoms. The quantitative estimate of drug-likeness (QED) is 0.667. The summed E-state index contributed by atoms with van der Waals surface area (Å²) in [6, 6.07) is 2.23. The molecule has 2 aliphatic rings. The molecule has 0 radical (unpaired) electrons. The number of nitrogens with one attached hydrogen (secondary N) is 1. The van der Waals surface area contributed by atoms with Crippen LogP contribution in [0.4, 0.5) is 0 Å². The average molecular weight is 188 g/mol. The maximum Gasteiger partial charge on any atom is 0.0302 e. The van der Waals surface area contributed by atoms with Crippen molar-refractivity contribution >= 4 is 0 Å². The Morgan fingerprint density at radius 1 is 1.57 bits per heavy atom. The number of fused-ring (bicyclic) bond motifs is 2. The molecule has 0 aromatic carbocycles. The summed E-state index contributed by atoms with van der Waals surface area (Å²) in [5.41, 5.74) is 3.46. The van der Waals surface area contributed by atoms with Gasteiger partial charge < -0.3 is 5.32 Å². The van der Waals surface area contributed by atoms with Gasteiger partial charge in [0, 0.05) is 24.4 Å². The molecule has 14 heavy (non-hydrogen) atoms. The van der Waals surface area contributed by atoms with Gasteiger partial charge in [0.15, 0.2) is 0 Å². The van der Waals surface area contributed by atoms with Crippen molar-refractivity contribution < 1.29 is 0 Å². The van der Waals surface area contributed by atoms with Crippen molar-refractivity contribution in [3.8, 4) is 0 Å². The molecule has 1 aromatic heterocycles. The molecule has 1 saturated heterocycles. The number of rotatable bonds is 0. The molecule has 2 nitrogen and oxygen atoms in total. The minimum atomic E-state index is 0.429. The number of hydrogen-bond acceptors (Lipinski definition) is 2. The predicted octanol–water partition coefficient (Wildman–Crippen LogP) is 1.50. The Bertz CT molecular complexity index is 353. The third-order valence-electron chi connectivity index (χ3n) is 4.10. The van der Waals surface area contributed by atoms with E-state index in [-0.39, 0.29) is 0 Å². The van der Waals surface area contributed by atoms with Crippen LogP contribution < -0.4 is 5.32 Å². The lowest BCUT2D eigenvalue weighted by molar-refractivity contribution is 0.344. The van der Waals surface area contributed by atoms with Gasteiger partial charge in [-0.25, -0.2) is 0 Å². The molecule has 0 saturated carbocycles. The Morgan fingerprint density at radius 2 is 2.50 bits per heavy atom. The van der Waals surface area contributed by atoms with E-state index in [0.29, 0.717) is 5.41 Å². The van der Waals surface area contributed by atoms with E-state index in [4.69, 9.17) is 0 Å². The molecule has 0 amide bonds. The molecule has 2 heterocycles. The van der Waals surface area contributed by atoms with Crippen LogP contribution in [0, 0.1) is 5.92 Å². The van der Waals surface area contributed by atoms with Crippen LogP contribution in [0.3, 0.4) is 0 Å². The monoisotopic (exact) mass is 188 g/mol.